The first-order valence-electron chi connectivity index (χ1n) is 9.29. The normalized spacial score (nSPS) is 29.4. The lowest BCUT2D eigenvalue weighted by Crippen LogP contribution is -2.46. The zero-order valence-corrected chi connectivity index (χ0v) is 13.9. The fourth-order valence-electron chi connectivity index (χ4n) is 4.83. The van der Waals surface area contributed by atoms with Gasteiger partial charge < -0.3 is 4.90 Å². The topological polar surface area (TPSA) is 32.3 Å². The first kappa shape index (κ1) is 15.3. The number of nitrogens with one attached hydrogen (secondary N) is 1. The van der Waals surface area contributed by atoms with E-state index in [1.54, 1.807) is 0 Å². The largest absolute Gasteiger partial charge is 0.325 e. The lowest BCUT2D eigenvalue weighted by molar-refractivity contribution is -0.134. The summed E-state index contributed by atoms with van der Waals surface area (Å²) in [5.41, 5.74) is -0.181. The third kappa shape index (κ3) is 2.74. The molecule has 3 heteroatoms. The van der Waals surface area contributed by atoms with Crippen molar-refractivity contribution in [2.75, 3.05) is 6.54 Å². The second kappa shape index (κ2) is 6.28. The predicted molar refractivity (Wildman–Crippen MR) is 85.9 cm³/mol. The summed E-state index contributed by atoms with van der Waals surface area (Å²) >= 11 is 0. The smallest absolute Gasteiger partial charge is 0.244 e. The molecule has 120 valence electrons. The van der Waals surface area contributed by atoms with Gasteiger partial charge >= 0.3 is 0 Å². The average molecular weight is 292 g/mol. The van der Waals surface area contributed by atoms with Gasteiger partial charge in [-0.3, -0.25) is 10.1 Å². The van der Waals surface area contributed by atoms with Crippen LogP contribution in [0.25, 0.3) is 0 Å². The Hall–Kier alpha value is -0.570. The second-order valence-corrected chi connectivity index (χ2v) is 7.56. The Morgan fingerprint density at radius 1 is 1.14 bits per heavy atom. The van der Waals surface area contributed by atoms with E-state index in [9.17, 15) is 4.79 Å². The molecule has 0 radical (unpaired) electrons. The minimum atomic E-state index is -0.181. The van der Waals surface area contributed by atoms with Crippen LogP contribution in [0.15, 0.2) is 0 Å². The highest BCUT2D eigenvalue weighted by Crippen LogP contribution is 2.41. The molecule has 0 aromatic rings. The molecule has 1 unspecified atom stereocenters. The first-order chi connectivity index (χ1) is 10.2. The van der Waals surface area contributed by atoms with Crippen molar-refractivity contribution in [3.8, 4) is 0 Å². The van der Waals surface area contributed by atoms with Gasteiger partial charge in [0.25, 0.3) is 0 Å². The molecule has 1 spiro atoms. The van der Waals surface area contributed by atoms with Crippen molar-refractivity contribution in [3.63, 3.8) is 0 Å². The Morgan fingerprint density at radius 2 is 1.76 bits per heavy atom. The highest BCUT2D eigenvalue weighted by molar-refractivity contribution is 5.89. The van der Waals surface area contributed by atoms with E-state index in [4.69, 9.17) is 0 Å². The molecule has 3 nitrogen and oxygen atoms in total. The molecular weight excluding hydrogens is 260 g/mol. The molecule has 2 aliphatic carbocycles. The summed E-state index contributed by atoms with van der Waals surface area (Å²) in [5.74, 6) is 1.79. The molecule has 3 aliphatic rings. The number of carbonyl (C=O) groups is 1. The number of hydrogen-bond donors (Lipinski definition) is 1. The zero-order chi connectivity index (χ0) is 14.9. The van der Waals surface area contributed by atoms with Crippen LogP contribution in [0.5, 0.6) is 0 Å². The summed E-state index contributed by atoms with van der Waals surface area (Å²) in [7, 11) is 0. The number of rotatable bonds is 5. The molecule has 1 aliphatic heterocycles. The van der Waals surface area contributed by atoms with Crippen LogP contribution < -0.4 is 5.32 Å². The molecule has 1 atom stereocenters. The number of carbonyl (C=O) groups excluding carboxylic acids is 1. The maximum Gasteiger partial charge on any atom is 0.244 e. The summed E-state index contributed by atoms with van der Waals surface area (Å²) < 4.78 is 0. The van der Waals surface area contributed by atoms with Gasteiger partial charge in [0.15, 0.2) is 0 Å². The summed E-state index contributed by atoms with van der Waals surface area (Å²) in [6, 6.07) is 0. The van der Waals surface area contributed by atoms with Gasteiger partial charge in [0, 0.05) is 6.54 Å². The van der Waals surface area contributed by atoms with Gasteiger partial charge in [-0.05, 0) is 37.5 Å². The monoisotopic (exact) mass is 292 g/mol. The van der Waals surface area contributed by atoms with Gasteiger partial charge in [0.05, 0.1) is 11.7 Å². The van der Waals surface area contributed by atoms with Gasteiger partial charge in [0.1, 0.15) is 0 Å². The van der Waals surface area contributed by atoms with Crippen molar-refractivity contribution in [2.45, 2.75) is 89.8 Å². The van der Waals surface area contributed by atoms with Crippen LogP contribution in [0.1, 0.15) is 78.1 Å². The van der Waals surface area contributed by atoms with Crippen LogP contribution in [0.2, 0.25) is 0 Å². The van der Waals surface area contributed by atoms with Crippen LogP contribution in [0, 0.1) is 11.8 Å². The maximum atomic E-state index is 13.1. The molecule has 2 saturated carbocycles. The minimum absolute atomic E-state index is 0.181. The Balaban J connectivity index is 1.79. The van der Waals surface area contributed by atoms with Gasteiger partial charge in [0.2, 0.25) is 5.91 Å². The standard InChI is InChI=1S/C18H32N2O/c1-3-14(4-2)13-20-16(15-9-5-6-10-15)19-18(17(20)21)11-7-8-12-18/h14-16,19H,3-13H2,1-2H3. The van der Waals surface area contributed by atoms with E-state index in [2.05, 4.69) is 24.1 Å². The van der Waals surface area contributed by atoms with E-state index in [-0.39, 0.29) is 5.54 Å². The van der Waals surface area contributed by atoms with Crippen LogP contribution >= 0.6 is 0 Å². The first-order valence-corrected chi connectivity index (χ1v) is 9.29. The SMILES string of the molecule is CCC(CC)CN1C(=O)C2(CCCC2)NC1C1CCCC1. The van der Waals surface area contributed by atoms with Crippen molar-refractivity contribution >= 4 is 5.91 Å². The van der Waals surface area contributed by atoms with Crippen LogP contribution in [0.3, 0.4) is 0 Å². The van der Waals surface area contributed by atoms with Crippen molar-refractivity contribution in [1.82, 2.24) is 10.2 Å². The quantitative estimate of drug-likeness (QED) is 0.838. The van der Waals surface area contributed by atoms with Crippen molar-refractivity contribution in [3.05, 3.63) is 0 Å². The summed E-state index contributed by atoms with van der Waals surface area (Å²) in [6.45, 7) is 5.50. The molecule has 1 amide bonds. The van der Waals surface area contributed by atoms with Gasteiger partial charge in [-0.25, -0.2) is 0 Å². The van der Waals surface area contributed by atoms with Crippen molar-refractivity contribution < 1.29 is 4.79 Å². The van der Waals surface area contributed by atoms with E-state index in [0.29, 0.717) is 23.9 Å². The van der Waals surface area contributed by atoms with E-state index in [1.165, 1.54) is 51.4 Å². The Bertz CT molecular complexity index is 365. The lowest BCUT2D eigenvalue weighted by atomic mass is 9.97. The minimum Gasteiger partial charge on any atom is -0.325 e. The summed E-state index contributed by atoms with van der Waals surface area (Å²) in [5, 5.41) is 3.84. The van der Waals surface area contributed by atoms with Crippen LogP contribution in [0.4, 0.5) is 0 Å². The number of hydrogen-bond acceptors (Lipinski definition) is 2. The molecule has 3 rings (SSSR count). The third-order valence-corrected chi connectivity index (χ3v) is 6.34. The molecule has 21 heavy (non-hydrogen) atoms. The fourth-order valence-corrected chi connectivity index (χ4v) is 4.83. The van der Waals surface area contributed by atoms with E-state index in [0.717, 1.165) is 19.4 Å². The van der Waals surface area contributed by atoms with E-state index >= 15 is 0 Å². The third-order valence-electron chi connectivity index (χ3n) is 6.34. The molecule has 0 bridgehead atoms. The maximum absolute atomic E-state index is 13.1. The summed E-state index contributed by atoms with van der Waals surface area (Å²) in [6.07, 6.45) is 12.6. The molecule has 1 saturated heterocycles. The Labute approximate surface area is 129 Å². The fraction of sp³-hybridized carbons (Fsp3) is 0.944. The number of amides is 1. The van der Waals surface area contributed by atoms with Crippen molar-refractivity contribution in [1.29, 1.82) is 0 Å². The zero-order valence-electron chi connectivity index (χ0n) is 13.9. The van der Waals surface area contributed by atoms with E-state index < -0.39 is 0 Å². The van der Waals surface area contributed by atoms with Crippen LogP contribution in [-0.2, 0) is 4.79 Å². The Morgan fingerprint density at radius 3 is 2.33 bits per heavy atom. The van der Waals surface area contributed by atoms with Gasteiger partial charge in [-0.1, -0.05) is 52.4 Å². The highest BCUT2D eigenvalue weighted by atomic mass is 16.2. The molecule has 0 aromatic carbocycles. The highest BCUT2D eigenvalue weighted by Gasteiger charge is 2.54. The number of nitrogens with zero attached hydrogens (tertiary/aromatic N) is 1. The van der Waals surface area contributed by atoms with Crippen molar-refractivity contribution in [2.24, 2.45) is 11.8 Å². The molecule has 3 fully saturated rings. The molecule has 1 heterocycles. The van der Waals surface area contributed by atoms with Gasteiger partial charge in [-0.15, -0.1) is 0 Å². The predicted octanol–water partition coefficient (Wildman–Crippen LogP) is 3.68. The Kier molecular flexibility index (Phi) is 4.58. The molecular formula is C18H32N2O. The second-order valence-electron chi connectivity index (χ2n) is 7.56. The van der Waals surface area contributed by atoms with E-state index in [1.807, 2.05) is 0 Å². The van der Waals surface area contributed by atoms with Crippen LogP contribution in [-0.4, -0.2) is 29.1 Å². The van der Waals surface area contributed by atoms with Gasteiger partial charge in [-0.2, -0.15) is 0 Å². The molecule has 1 N–H and O–H groups in total. The summed E-state index contributed by atoms with van der Waals surface area (Å²) in [4.78, 5) is 15.4. The average Bonchev–Trinajstić information content (AvgIpc) is 3.22. The molecule has 0 aromatic heterocycles. The lowest BCUT2D eigenvalue weighted by Gasteiger charge is -2.31.